The molecule has 0 spiro atoms. The van der Waals surface area contributed by atoms with Crippen LogP contribution in [0.1, 0.15) is 150 Å². The van der Waals surface area contributed by atoms with E-state index in [0.29, 0.717) is 56.4 Å². The normalized spacial score (nSPS) is 33.1. The van der Waals surface area contributed by atoms with Gasteiger partial charge in [0.1, 0.15) is 18.3 Å². The summed E-state index contributed by atoms with van der Waals surface area (Å²) in [6.45, 7) is 19.0. The molecule has 8 rings (SSSR count). The number of aliphatic hydroxyl groups excluding tert-OH is 2. The summed E-state index contributed by atoms with van der Waals surface area (Å²) in [4.78, 5) is 128. The molecular formula is C64H94CoN13O14P-4. The van der Waals surface area contributed by atoms with E-state index in [0.717, 1.165) is 11.1 Å². The van der Waals surface area contributed by atoms with Crippen molar-refractivity contribution in [2.45, 2.75) is 189 Å². The van der Waals surface area contributed by atoms with E-state index in [2.05, 4.69) is 10.3 Å². The van der Waals surface area contributed by atoms with Crippen molar-refractivity contribution in [3.05, 3.63) is 84.1 Å². The van der Waals surface area contributed by atoms with Gasteiger partial charge in [-0.3, -0.25) is 53.1 Å². The van der Waals surface area contributed by atoms with Gasteiger partial charge in [-0.05, 0) is 118 Å². The molecule has 0 aliphatic carbocycles. The average molecular weight is 1360 g/mol. The Kier molecular flexibility index (Phi) is 23.9. The topological polar surface area (TPSA) is 465 Å². The van der Waals surface area contributed by atoms with Gasteiger partial charge in [-0.2, -0.15) is 5.70 Å². The van der Waals surface area contributed by atoms with Crippen LogP contribution in [0.25, 0.3) is 16.4 Å². The number of hydrogen-bond acceptors (Lipinski definition) is 18. The number of aliphatic hydroxyl groups is 2. The maximum Gasteiger partial charge on any atom is 0.268 e. The second-order valence-electron chi connectivity index (χ2n) is 27.0. The number of nitrogens with one attached hydrogen (secondary N) is 1. The van der Waals surface area contributed by atoms with Gasteiger partial charge in [0.05, 0.1) is 30.1 Å². The zero-order chi connectivity index (χ0) is 66.7. The number of benzene rings is 1. The van der Waals surface area contributed by atoms with Gasteiger partial charge in [0, 0.05) is 131 Å². The Balaban J connectivity index is 0.00000523. The number of rotatable bonds is 26. The van der Waals surface area contributed by atoms with Crippen molar-refractivity contribution < 1.29 is 83.8 Å². The third kappa shape index (κ3) is 14.8. The molecule has 15 atom stereocenters. The second kappa shape index (κ2) is 28.8. The average Bonchev–Trinajstić information content (AvgIpc) is 1.53. The van der Waals surface area contributed by atoms with Crippen LogP contribution in [0.4, 0.5) is 0 Å². The van der Waals surface area contributed by atoms with E-state index in [9.17, 15) is 53.2 Å². The first-order valence-corrected chi connectivity index (χ1v) is 32.0. The van der Waals surface area contributed by atoms with Gasteiger partial charge < -0.3 is 93.3 Å². The molecule has 15 N–H and O–H groups in total. The smallest absolute Gasteiger partial charge is 0.268 e. The molecule has 1 aromatic heterocycles. The number of allylic oxidation sites excluding steroid dienone is 6. The van der Waals surface area contributed by atoms with E-state index < -0.39 is 143 Å². The van der Waals surface area contributed by atoms with E-state index >= 15 is 0 Å². The number of amides is 7. The number of hydrogen-bond donors (Lipinski definition) is 9. The van der Waals surface area contributed by atoms with Crippen molar-refractivity contribution in [3.8, 4) is 0 Å². The number of nitrogens with zero attached hydrogens (tertiary/aromatic N) is 6. The van der Waals surface area contributed by atoms with Gasteiger partial charge in [0.2, 0.25) is 41.4 Å². The number of fused-ring (bicyclic) bond motifs is 7. The summed E-state index contributed by atoms with van der Waals surface area (Å²) in [5.41, 5.74) is 36.7. The van der Waals surface area contributed by atoms with Crippen molar-refractivity contribution in [2.75, 3.05) is 13.2 Å². The van der Waals surface area contributed by atoms with E-state index in [4.69, 9.17) is 68.5 Å². The second-order valence-corrected chi connectivity index (χ2v) is 28.3. The van der Waals surface area contributed by atoms with Gasteiger partial charge in [-0.15, -0.1) is 0 Å². The number of aliphatic imine (C=N–C) groups is 3. The fourth-order valence-electron chi connectivity index (χ4n) is 15.3. The Labute approximate surface area is 554 Å². The Bertz CT molecular complexity index is 3550. The molecule has 2 saturated heterocycles. The van der Waals surface area contributed by atoms with Crippen LogP contribution < -0.4 is 44.6 Å². The molecule has 6 aliphatic heterocycles. The molecule has 1 aromatic carbocycles. The molecule has 2 aromatic rings. The summed E-state index contributed by atoms with van der Waals surface area (Å²) >= 11 is 0. The van der Waals surface area contributed by atoms with Crippen LogP contribution >= 0.6 is 7.82 Å². The van der Waals surface area contributed by atoms with E-state index in [1.807, 2.05) is 80.5 Å². The summed E-state index contributed by atoms with van der Waals surface area (Å²) in [7, 11) is -5.32. The van der Waals surface area contributed by atoms with Crippen LogP contribution in [-0.2, 0) is 68.7 Å². The first-order chi connectivity index (χ1) is 41.8. The van der Waals surface area contributed by atoms with Crippen LogP contribution in [0.5, 0.6) is 0 Å². The fourth-order valence-corrected chi connectivity index (χ4v) is 16.4. The predicted octanol–water partition coefficient (Wildman–Crippen LogP) is 4.21. The third-order valence-corrected chi connectivity index (χ3v) is 21.6. The Morgan fingerprint density at radius 1 is 0.785 bits per heavy atom. The molecule has 517 valence electrons. The minimum absolute atomic E-state index is 0. The first-order valence-electron chi connectivity index (χ1n) is 30.5. The summed E-state index contributed by atoms with van der Waals surface area (Å²) in [6.07, 6.45) is -4.79. The van der Waals surface area contributed by atoms with Crippen LogP contribution in [0.3, 0.4) is 0 Å². The summed E-state index contributed by atoms with van der Waals surface area (Å²) in [5.74, 6) is -7.40. The number of imidazole rings is 1. The molecule has 6 aliphatic rings. The Hall–Kier alpha value is -6.49. The molecule has 93 heavy (non-hydrogen) atoms. The van der Waals surface area contributed by atoms with Gasteiger partial charge in [-0.25, -0.2) is 4.98 Å². The van der Waals surface area contributed by atoms with Crippen molar-refractivity contribution in [1.82, 2.24) is 14.9 Å². The van der Waals surface area contributed by atoms with Crippen molar-refractivity contribution in [3.63, 3.8) is 0 Å². The number of ether oxygens (including phenoxy) is 1. The molecule has 29 heteroatoms. The van der Waals surface area contributed by atoms with E-state index in [1.54, 1.807) is 6.92 Å². The maximum absolute atomic E-state index is 14.4. The molecule has 27 nitrogen and oxygen atoms in total. The number of aromatic nitrogens is 2. The quantitative estimate of drug-likeness (QED) is 0.0470. The molecule has 2 unspecified atom stereocenters. The number of phosphoric acid groups is 1. The minimum Gasteiger partial charge on any atom is -0.756 e. The maximum atomic E-state index is 14.4. The first kappa shape index (κ1) is 77.2. The molecule has 7 amide bonds. The Morgan fingerprint density at radius 2 is 1.37 bits per heavy atom. The van der Waals surface area contributed by atoms with Crippen molar-refractivity contribution in [1.29, 1.82) is 0 Å². The van der Waals surface area contributed by atoms with Gasteiger partial charge in [-0.1, -0.05) is 47.1 Å². The molecule has 2 fully saturated rings. The minimum atomic E-state index is -5.32. The zero-order valence-electron chi connectivity index (χ0n) is 55.5. The Morgan fingerprint density at radius 3 is 1.94 bits per heavy atom. The van der Waals surface area contributed by atoms with Crippen molar-refractivity contribution in [2.24, 2.45) is 94.7 Å². The SMILES string of the molecule is C/C1=C2N=C(/C=C3N=C(/C(C)=C4\[N-][C@@](C)([C@@H]5N=C1[C@](C)(CCC(=O)NCC(C)OP(=O)([O-])O[C@H]1[C@@H](O)[C@@H](n6cnc7cc(C)c(C)cc76)O[C@@H]1CO)[C@H]5CC(N)=O)[C@@](C)(CC(N)=O)[C@@H]4CCC(N)=O)[C@@](C)(CC(N)=O)[C@@H]\3CCC(N)=O)C(C)(C)[C@@H]/2CCC(N)=O.[CH3-].[CH3-].[Co]. The van der Waals surface area contributed by atoms with Gasteiger partial charge >= 0.3 is 0 Å². The van der Waals surface area contributed by atoms with Gasteiger partial charge in [0.25, 0.3) is 7.82 Å². The number of phosphoric ester groups is 1. The number of carbonyl (C=O) groups is 7. The van der Waals surface area contributed by atoms with Gasteiger partial charge in [0.15, 0.2) is 6.23 Å². The number of nitrogens with two attached hydrogens (primary N) is 6. The fraction of sp³-hybridized carbons (Fsp3) is 0.609. The third-order valence-electron chi connectivity index (χ3n) is 20.5. The number of carbonyl (C=O) groups excluding carboxylic acids is 7. The molecule has 8 bridgehead atoms. The van der Waals surface area contributed by atoms with E-state index in [-0.39, 0.29) is 109 Å². The molecule has 1 radical (unpaired) electrons. The molecular weight excluding hydrogens is 1260 g/mol. The standard InChI is InChI=1S/C62H90N13O14P.2CH3.Co/c1-29-20-39-40(21-30(29)2)75(28-70-39)57-52(84)53(41(27-76)87-57)89-90(85,86)88-31(3)26-69-49(83)18-19-59(8)37(22-46(66)80)56-62(11)61(10,25-48(68)82)36(14-17-45(65)79)51(74-62)33(5)55-60(9,24-47(67)81)34(12-15-43(63)77)38(71-55)23-42-58(6,7)35(13-16-44(64)78)50(72-42)32(4)54(59)73-56;;;/h20-21,23,28,31,34-37,41,52-53,56-57,76,84H,12-19,22,24-27H2,1-11H3,(H15,63,64,65,66,67,68,69,71,72,73,74,77,78,79,80,81,82,83,85,86);2*1H3;/q;2*-1;/p-2/t31?,34-,35-,36-,37+,41-,52-,53-,56-,57+,59-,60+,61+,62+;;;/m1.../s1. The van der Waals surface area contributed by atoms with E-state index in [1.165, 1.54) is 17.8 Å². The van der Waals surface area contributed by atoms with Crippen LogP contribution in [0.15, 0.2) is 67.8 Å². The number of aryl methyl sites for hydroxylation is 2. The monoisotopic (exact) mass is 1360 g/mol. The summed E-state index contributed by atoms with van der Waals surface area (Å²) < 4.78 is 31.9. The zero-order valence-corrected chi connectivity index (χ0v) is 57.4. The molecule has 7 heterocycles. The number of primary amides is 6. The summed E-state index contributed by atoms with van der Waals surface area (Å²) in [5, 5.41) is 30.1. The van der Waals surface area contributed by atoms with Crippen molar-refractivity contribution >= 4 is 77.3 Å². The van der Waals surface area contributed by atoms with Crippen LogP contribution in [0.2, 0.25) is 0 Å². The summed E-state index contributed by atoms with van der Waals surface area (Å²) in [6, 6.07) is 2.65. The van der Waals surface area contributed by atoms with Crippen LogP contribution in [-0.4, -0.2) is 127 Å². The van der Waals surface area contributed by atoms with Crippen LogP contribution in [0, 0.1) is 74.0 Å². The largest absolute Gasteiger partial charge is 0.756 e. The molecule has 0 saturated carbocycles. The predicted molar refractivity (Wildman–Crippen MR) is 344 cm³/mol.